The second kappa shape index (κ2) is 4.68. The zero-order chi connectivity index (χ0) is 8.85. The summed E-state index contributed by atoms with van der Waals surface area (Å²) in [4.78, 5) is 20.7. The summed E-state index contributed by atoms with van der Waals surface area (Å²) in [6, 6.07) is -0.712. The number of nitrogens with one attached hydrogen (secondary N) is 1. The van der Waals surface area contributed by atoms with Crippen LogP contribution in [0.15, 0.2) is 0 Å². The summed E-state index contributed by atoms with van der Waals surface area (Å²) >= 11 is 0. The van der Waals surface area contributed by atoms with Crippen molar-refractivity contribution in [3.63, 3.8) is 0 Å². The molecule has 0 saturated heterocycles. The van der Waals surface area contributed by atoms with Gasteiger partial charge in [-0.15, -0.1) is 0 Å². The Morgan fingerprint density at radius 3 is 2.55 bits per heavy atom. The molecular weight excluding hydrogens is 148 g/mol. The molecule has 0 aliphatic carbocycles. The molecule has 1 unspecified atom stereocenters. The number of amides is 1. The summed E-state index contributed by atoms with van der Waals surface area (Å²) in [5, 5.41) is 10.6. The quantitative estimate of drug-likeness (QED) is 0.488. The molecule has 0 aliphatic heterocycles. The van der Waals surface area contributed by atoms with Crippen LogP contribution in [0.4, 0.5) is 0 Å². The molecule has 1 atom stereocenters. The maximum Gasteiger partial charge on any atom is 0.303 e. The van der Waals surface area contributed by atoms with Crippen LogP contribution in [-0.4, -0.2) is 30.1 Å². The van der Waals surface area contributed by atoms with Gasteiger partial charge in [0.15, 0.2) is 0 Å². The molecule has 0 aromatic heterocycles. The predicted molar refractivity (Wildman–Crippen MR) is 38.9 cm³/mol. The second-order valence-corrected chi connectivity index (χ2v) is 2.15. The van der Waals surface area contributed by atoms with Crippen LogP contribution >= 0.6 is 0 Å². The van der Waals surface area contributed by atoms with Gasteiger partial charge in [-0.25, -0.2) is 0 Å². The molecular formula is C6H12N2O3. The molecule has 11 heavy (non-hydrogen) atoms. The van der Waals surface area contributed by atoms with Gasteiger partial charge in [0.05, 0.1) is 6.04 Å². The Morgan fingerprint density at radius 2 is 2.18 bits per heavy atom. The highest BCUT2D eigenvalue weighted by molar-refractivity contribution is 5.81. The van der Waals surface area contributed by atoms with Crippen LogP contribution < -0.4 is 11.1 Å². The van der Waals surface area contributed by atoms with Gasteiger partial charge in [-0.2, -0.15) is 0 Å². The number of aliphatic carboxylic acids is 1. The molecule has 5 heteroatoms. The van der Waals surface area contributed by atoms with Gasteiger partial charge in [0.1, 0.15) is 0 Å². The van der Waals surface area contributed by atoms with E-state index in [0.29, 0.717) is 0 Å². The Hall–Kier alpha value is -1.10. The number of carboxylic acid groups (broad SMARTS) is 1. The lowest BCUT2D eigenvalue weighted by atomic mass is 10.1. The van der Waals surface area contributed by atoms with Crippen molar-refractivity contribution in [2.75, 3.05) is 7.05 Å². The van der Waals surface area contributed by atoms with Crippen LogP contribution in [0.1, 0.15) is 12.8 Å². The van der Waals surface area contributed by atoms with Crippen LogP contribution in [0.3, 0.4) is 0 Å². The fourth-order valence-electron chi connectivity index (χ4n) is 0.595. The van der Waals surface area contributed by atoms with Crippen molar-refractivity contribution in [2.45, 2.75) is 18.9 Å². The van der Waals surface area contributed by atoms with Crippen LogP contribution in [0.25, 0.3) is 0 Å². The van der Waals surface area contributed by atoms with Gasteiger partial charge in [-0.3, -0.25) is 9.59 Å². The van der Waals surface area contributed by atoms with Crippen LogP contribution in [0.2, 0.25) is 0 Å². The summed E-state index contributed by atoms with van der Waals surface area (Å²) in [5.74, 6) is -1.27. The molecule has 0 spiro atoms. The maximum absolute atomic E-state index is 10.7. The Kier molecular flexibility index (Phi) is 4.21. The normalized spacial score (nSPS) is 12.2. The van der Waals surface area contributed by atoms with Crippen molar-refractivity contribution in [3.05, 3.63) is 0 Å². The summed E-state index contributed by atoms with van der Waals surface area (Å²) < 4.78 is 0. The number of hydrogen-bond donors (Lipinski definition) is 3. The minimum Gasteiger partial charge on any atom is -0.481 e. The summed E-state index contributed by atoms with van der Waals surface area (Å²) in [6.07, 6.45) is 0.101. The van der Waals surface area contributed by atoms with Gasteiger partial charge in [0, 0.05) is 13.5 Å². The van der Waals surface area contributed by atoms with E-state index in [1.165, 1.54) is 7.05 Å². The third-order valence-electron chi connectivity index (χ3n) is 1.25. The number of rotatable bonds is 4. The van der Waals surface area contributed by atoms with Crippen LogP contribution in [-0.2, 0) is 9.59 Å². The number of carbonyl (C=O) groups is 2. The van der Waals surface area contributed by atoms with E-state index in [-0.39, 0.29) is 18.7 Å². The first-order valence-electron chi connectivity index (χ1n) is 3.27. The molecule has 0 rings (SSSR count). The lowest BCUT2D eigenvalue weighted by molar-refractivity contribution is -0.137. The highest BCUT2D eigenvalue weighted by Crippen LogP contribution is 1.93. The molecule has 4 N–H and O–H groups in total. The molecule has 0 bridgehead atoms. The van der Waals surface area contributed by atoms with Gasteiger partial charge in [-0.05, 0) is 6.42 Å². The molecule has 0 fully saturated rings. The lowest BCUT2D eigenvalue weighted by Crippen LogP contribution is -2.38. The molecule has 64 valence electrons. The highest BCUT2D eigenvalue weighted by Gasteiger charge is 2.12. The van der Waals surface area contributed by atoms with E-state index < -0.39 is 12.0 Å². The SMILES string of the molecule is CNC(=O)C(N)CCC(=O)O. The summed E-state index contributed by atoms with van der Waals surface area (Å²) in [5.41, 5.74) is 5.30. The van der Waals surface area contributed by atoms with E-state index in [2.05, 4.69) is 5.32 Å². The monoisotopic (exact) mass is 160 g/mol. The Morgan fingerprint density at radius 1 is 1.64 bits per heavy atom. The molecule has 1 amide bonds. The van der Waals surface area contributed by atoms with Crippen molar-refractivity contribution < 1.29 is 14.7 Å². The second-order valence-electron chi connectivity index (χ2n) is 2.15. The minimum atomic E-state index is -0.940. The highest BCUT2D eigenvalue weighted by atomic mass is 16.4. The fraction of sp³-hybridized carbons (Fsp3) is 0.667. The smallest absolute Gasteiger partial charge is 0.303 e. The Bertz CT molecular complexity index is 158. The van der Waals surface area contributed by atoms with Gasteiger partial charge in [-0.1, -0.05) is 0 Å². The number of hydrogen-bond acceptors (Lipinski definition) is 3. The first kappa shape index (κ1) is 9.90. The van der Waals surface area contributed by atoms with Gasteiger partial charge >= 0.3 is 5.97 Å². The van der Waals surface area contributed by atoms with E-state index in [9.17, 15) is 9.59 Å². The van der Waals surface area contributed by atoms with Gasteiger partial charge in [0.25, 0.3) is 0 Å². The average molecular weight is 160 g/mol. The van der Waals surface area contributed by atoms with Crippen LogP contribution in [0, 0.1) is 0 Å². The largest absolute Gasteiger partial charge is 0.481 e. The first-order valence-corrected chi connectivity index (χ1v) is 3.27. The standard InChI is InChI=1S/C6H12N2O3/c1-8-6(11)4(7)2-3-5(9)10/h4H,2-3,7H2,1H3,(H,8,11)(H,9,10). The number of likely N-dealkylation sites (N-methyl/N-ethyl adjacent to an activating group) is 1. The third kappa shape index (κ3) is 4.32. The zero-order valence-corrected chi connectivity index (χ0v) is 6.33. The van der Waals surface area contributed by atoms with E-state index in [1.54, 1.807) is 0 Å². The average Bonchev–Trinajstić information content (AvgIpc) is 1.98. The predicted octanol–water partition coefficient (Wildman–Crippen LogP) is -1.08. The molecule has 0 saturated carbocycles. The van der Waals surface area contributed by atoms with Crippen molar-refractivity contribution >= 4 is 11.9 Å². The lowest BCUT2D eigenvalue weighted by Gasteiger charge is -2.06. The first-order chi connectivity index (χ1) is 5.07. The fourth-order valence-corrected chi connectivity index (χ4v) is 0.595. The zero-order valence-electron chi connectivity index (χ0n) is 6.33. The van der Waals surface area contributed by atoms with E-state index in [4.69, 9.17) is 10.8 Å². The van der Waals surface area contributed by atoms with Crippen molar-refractivity contribution in [1.29, 1.82) is 0 Å². The molecule has 0 aliphatic rings. The van der Waals surface area contributed by atoms with Crippen LogP contribution in [0.5, 0.6) is 0 Å². The Balaban J connectivity index is 3.60. The molecule has 5 nitrogen and oxygen atoms in total. The van der Waals surface area contributed by atoms with Gasteiger partial charge in [0.2, 0.25) is 5.91 Å². The number of carbonyl (C=O) groups excluding carboxylic acids is 1. The molecule has 0 radical (unpaired) electrons. The molecule has 0 heterocycles. The molecule has 0 aromatic rings. The van der Waals surface area contributed by atoms with E-state index in [1.807, 2.05) is 0 Å². The topological polar surface area (TPSA) is 92.4 Å². The number of nitrogens with two attached hydrogens (primary N) is 1. The number of carboxylic acids is 1. The van der Waals surface area contributed by atoms with Gasteiger partial charge < -0.3 is 16.2 Å². The minimum absolute atomic E-state index is 0.0748. The maximum atomic E-state index is 10.7. The van der Waals surface area contributed by atoms with E-state index in [0.717, 1.165) is 0 Å². The van der Waals surface area contributed by atoms with E-state index >= 15 is 0 Å². The summed E-state index contributed by atoms with van der Waals surface area (Å²) in [6.45, 7) is 0. The van der Waals surface area contributed by atoms with Crippen molar-refractivity contribution in [3.8, 4) is 0 Å². The summed E-state index contributed by atoms with van der Waals surface area (Å²) in [7, 11) is 1.46. The Labute approximate surface area is 64.6 Å². The molecule has 0 aromatic carbocycles. The van der Waals surface area contributed by atoms with Crippen molar-refractivity contribution in [2.24, 2.45) is 5.73 Å². The van der Waals surface area contributed by atoms with Crippen molar-refractivity contribution in [1.82, 2.24) is 5.32 Å². The third-order valence-corrected chi connectivity index (χ3v) is 1.25.